The second-order valence-electron chi connectivity index (χ2n) is 9.57. The van der Waals surface area contributed by atoms with Crippen molar-refractivity contribution in [1.82, 2.24) is 10.2 Å². The van der Waals surface area contributed by atoms with Crippen molar-refractivity contribution in [2.75, 3.05) is 17.4 Å². The van der Waals surface area contributed by atoms with Crippen LogP contribution in [0.25, 0.3) is 0 Å². The Hall–Kier alpha value is -3.36. The van der Waals surface area contributed by atoms with E-state index >= 15 is 0 Å². The molecule has 0 bridgehead atoms. The highest BCUT2D eigenvalue weighted by Gasteiger charge is 2.32. The zero-order chi connectivity index (χ0) is 27.9. The van der Waals surface area contributed by atoms with Crippen molar-refractivity contribution in [1.29, 1.82) is 0 Å². The predicted molar refractivity (Wildman–Crippen MR) is 151 cm³/mol. The molecular formula is C29H34ClN3O4S. The Bertz CT molecular complexity index is 1360. The average Bonchev–Trinajstić information content (AvgIpc) is 2.89. The number of aryl methyl sites for hydroxylation is 1. The van der Waals surface area contributed by atoms with E-state index in [-0.39, 0.29) is 29.0 Å². The molecule has 0 radical (unpaired) electrons. The largest absolute Gasteiger partial charge is 0.354 e. The van der Waals surface area contributed by atoms with Gasteiger partial charge in [0.2, 0.25) is 11.8 Å². The van der Waals surface area contributed by atoms with Crippen molar-refractivity contribution in [2.45, 2.75) is 45.2 Å². The number of amides is 2. The first kappa shape index (κ1) is 29.2. The minimum absolute atomic E-state index is 0.0426. The molecule has 3 aromatic rings. The summed E-state index contributed by atoms with van der Waals surface area (Å²) in [5, 5.41) is 3.22. The van der Waals surface area contributed by atoms with Crippen LogP contribution in [0, 0.1) is 12.8 Å². The van der Waals surface area contributed by atoms with Gasteiger partial charge in [0.15, 0.2) is 0 Å². The molecule has 1 N–H and O–H groups in total. The molecule has 9 heteroatoms. The highest BCUT2D eigenvalue weighted by Crippen LogP contribution is 2.27. The van der Waals surface area contributed by atoms with Crippen LogP contribution >= 0.6 is 11.6 Å². The van der Waals surface area contributed by atoms with Crippen LogP contribution in [0.3, 0.4) is 0 Å². The van der Waals surface area contributed by atoms with Gasteiger partial charge in [0.1, 0.15) is 12.6 Å². The Morgan fingerprint density at radius 2 is 1.58 bits per heavy atom. The Balaban J connectivity index is 2.01. The van der Waals surface area contributed by atoms with Crippen LogP contribution in [0.1, 0.15) is 31.9 Å². The van der Waals surface area contributed by atoms with E-state index in [1.165, 1.54) is 23.1 Å². The van der Waals surface area contributed by atoms with Gasteiger partial charge in [0.25, 0.3) is 10.0 Å². The molecule has 0 aromatic heterocycles. The van der Waals surface area contributed by atoms with Gasteiger partial charge in [-0.2, -0.15) is 0 Å². The van der Waals surface area contributed by atoms with Gasteiger partial charge in [0, 0.05) is 18.1 Å². The Morgan fingerprint density at radius 3 is 2.21 bits per heavy atom. The standard InChI is InChI=1S/C29H34ClN3O4S/c1-21(2)18-31-29(35)23(4)32(19-24-12-9-8-11-22(24)3)28(34)20-33(26-14-10-13-25(30)17-26)38(36,37)27-15-6-5-7-16-27/h5-17,21,23H,18-20H2,1-4H3,(H,31,35)/t23-/m0/s1. The van der Waals surface area contributed by atoms with Gasteiger partial charge in [0.05, 0.1) is 10.6 Å². The molecule has 0 spiro atoms. The predicted octanol–water partition coefficient (Wildman–Crippen LogP) is 5.03. The number of anilines is 1. The molecule has 0 aliphatic heterocycles. The highest BCUT2D eigenvalue weighted by atomic mass is 35.5. The quantitative estimate of drug-likeness (QED) is 0.359. The van der Waals surface area contributed by atoms with E-state index in [0.717, 1.165) is 15.4 Å². The molecule has 1 atom stereocenters. The van der Waals surface area contributed by atoms with Crippen molar-refractivity contribution in [3.05, 3.63) is 95.0 Å². The van der Waals surface area contributed by atoms with E-state index in [2.05, 4.69) is 5.32 Å². The third kappa shape index (κ3) is 7.36. The number of carbonyl (C=O) groups excluding carboxylic acids is 2. The zero-order valence-electron chi connectivity index (χ0n) is 22.1. The minimum atomic E-state index is -4.12. The van der Waals surface area contributed by atoms with Crippen LogP contribution in [0.15, 0.2) is 83.8 Å². The molecule has 2 amide bonds. The van der Waals surface area contributed by atoms with Crippen LogP contribution in [0.2, 0.25) is 5.02 Å². The number of benzene rings is 3. The van der Waals surface area contributed by atoms with Crippen molar-refractivity contribution < 1.29 is 18.0 Å². The Kier molecular flexibility index (Phi) is 9.94. The summed E-state index contributed by atoms with van der Waals surface area (Å²) < 4.78 is 28.5. The van der Waals surface area contributed by atoms with Gasteiger partial charge >= 0.3 is 0 Å². The fourth-order valence-corrected chi connectivity index (χ4v) is 5.50. The number of sulfonamides is 1. The van der Waals surface area contributed by atoms with E-state index in [1.807, 2.05) is 45.0 Å². The molecular weight excluding hydrogens is 522 g/mol. The molecule has 3 aromatic carbocycles. The summed E-state index contributed by atoms with van der Waals surface area (Å²) in [6.45, 7) is 7.66. The van der Waals surface area contributed by atoms with E-state index in [4.69, 9.17) is 11.6 Å². The SMILES string of the molecule is Cc1ccccc1CN(C(=O)CN(c1cccc(Cl)c1)S(=O)(=O)c1ccccc1)[C@@H](C)C(=O)NCC(C)C. The normalized spacial score (nSPS) is 12.2. The van der Waals surface area contributed by atoms with Crippen LogP contribution < -0.4 is 9.62 Å². The number of hydrogen-bond acceptors (Lipinski definition) is 4. The summed E-state index contributed by atoms with van der Waals surface area (Å²) >= 11 is 6.19. The lowest BCUT2D eigenvalue weighted by Gasteiger charge is -2.32. The molecule has 0 unspecified atom stereocenters. The van der Waals surface area contributed by atoms with Gasteiger partial charge < -0.3 is 10.2 Å². The third-order valence-electron chi connectivity index (χ3n) is 6.16. The van der Waals surface area contributed by atoms with Gasteiger partial charge in [-0.05, 0) is 61.2 Å². The first-order valence-electron chi connectivity index (χ1n) is 12.5. The summed E-state index contributed by atoms with van der Waals surface area (Å²) in [5.41, 5.74) is 2.08. The number of carbonyl (C=O) groups is 2. The van der Waals surface area contributed by atoms with E-state index < -0.39 is 28.5 Å². The zero-order valence-corrected chi connectivity index (χ0v) is 23.7. The van der Waals surface area contributed by atoms with Crippen LogP contribution in [0.5, 0.6) is 0 Å². The molecule has 0 heterocycles. The maximum Gasteiger partial charge on any atom is 0.264 e. The molecule has 202 valence electrons. The lowest BCUT2D eigenvalue weighted by Crippen LogP contribution is -2.51. The number of nitrogens with one attached hydrogen (secondary N) is 1. The summed E-state index contributed by atoms with van der Waals surface area (Å²) in [6, 6.07) is 21.0. The molecule has 38 heavy (non-hydrogen) atoms. The lowest BCUT2D eigenvalue weighted by atomic mass is 10.1. The topological polar surface area (TPSA) is 86.8 Å². The smallest absolute Gasteiger partial charge is 0.264 e. The highest BCUT2D eigenvalue weighted by molar-refractivity contribution is 7.92. The first-order valence-corrected chi connectivity index (χ1v) is 14.3. The Labute approximate surface area is 230 Å². The number of rotatable bonds is 11. The summed E-state index contributed by atoms with van der Waals surface area (Å²) in [5.74, 6) is -0.582. The maximum atomic E-state index is 13.9. The summed E-state index contributed by atoms with van der Waals surface area (Å²) in [4.78, 5) is 28.4. The van der Waals surface area contributed by atoms with Gasteiger partial charge in [-0.3, -0.25) is 13.9 Å². The second-order valence-corrected chi connectivity index (χ2v) is 11.9. The lowest BCUT2D eigenvalue weighted by molar-refractivity contribution is -0.139. The van der Waals surface area contributed by atoms with Crippen LogP contribution in [-0.2, 0) is 26.2 Å². The molecule has 0 fully saturated rings. The van der Waals surface area contributed by atoms with Gasteiger partial charge in [-0.1, -0.05) is 74.0 Å². The molecule has 0 aliphatic rings. The summed E-state index contributed by atoms with van der Waals surface area (Å²) in [6.07, 6.45) is 0. The molecule has 0 saturated heterocycles. The first-order chi connectivity index (χ1) is 18.0. The Morgan fingerprint density at radius 1 is 0.921 bits per heavy atom. The average molecular weight is 556 g/mol. The minimum Gasteiger partial charge on any atom is -0.354 e. The molecule has 3 rings (SSSR count). The third-order valence-corrected chi connectivity index (χ3v) is 8.18. The molecule has 0 saturated carbocycles. The van der Waals surface area contributed by atoms with E-state index in [1.54, 1.807) is 43.3 Å². The second kappa shape index (κ2) is 12.9. The van der Waals surface area contributed by atoms with E-state index in [0.29, 0.717) is 11.6 Å². The number of nitrogens with zero attached hydrogens (tertiary/aromatic N) is 2. The van der Waals surface area contributed by atoms with Gasteiger partial charge in [-0.15, -0.1) is 0 Å². The summed E-state index contributed by atoms with van der Waals surface area (Å²) in [7, 11) is -4.12. The molecule has 7 nitrogen and oxygen atoms in total. The van der Waals surface area contributed by atoms with Crippen molar-refractivity contribution in [3.63, 3.8) is 0 Å². The van der Waals surface area contributed by atoms with Crippen molar-refractivity contribution in [2.24, 2.45) is 5.92 Å². The fraction of sp³-hybridized carbons (Fsp3) is 0.310. The molecule has 0 aliphatic carbocycles. The maximum absolute atomic E-state index is 13.9. The van der Waals surface area contributed by atoms with Crippen LogP contribution in [-0.4, -0.2) is 44.3 Å². The number of halogens is 1. The monoisotopic (exact) mass is 555 g/mol. The van der Waals surface area contributed by atoms with E-state index in [9.17, 15) is 18.0 Å². The van der Waals surface area contributed by atoms with Gasteiger partial charge in [-0.25, -0.2) is 8.42 Å². The van der Waals surface area contributed by atoms with Crippen molar-refractivity contribution >= 4 is 39.1 Å². The van der Waals surface area contributed by atoms with Crippen LogP contribution in [0.4, 0.5) is 5.69 Å². The fourth-order valence-electron chi connectivity index (χ4n) is 3.89. The van der Waals surface area contributed by atoms with Crippen molar-refractivity contribution in [3.8, 4) is 0 Å². The number of hydrogen-bond donors (Lipinski definition) is 1.